The molecular formula is C10H14N2O. The predicted molar refractivity (Wildman–Crippen MR) is 51.4 cm³/mol. The molecule has 0 aliphatic carbocycles. The third-order valence-electron chi connectivity index (χ3n) is 2.14. The summed E-state index contributed by atoms with van der Waals surface area (Å²) in [6.45, 7) is 3.81. The van der Waals surface area contributed by atoms with E-state index in [-0.39, 0.29) is 0 Å². The molecule has 0 fully saturated rings. The molecule has 3 heteroatoms. The Morgan fingerprint density at radius 2 is 2.46 bits per heavy atom. The number of fused-ring (bicyclic) bond motifs is 1. The van der Waals surface area contributed by atoms with E-state index in [1.165, 1.54) is 0 Å². The van der Waals surface area contributed by atoms with E-state index in [0.29, 0.717) is 6.61 Å². The van der Waals surface area contributed by atoms with Gasteiger partial charge in [0.25, 0.3) is 0 Å². The zero-order valence-electron chi connectivity index (χ0n) is 7.79. The molecule has 0 amide bonds. The van der Waals surface area contributed by atoms with Gasteiger partial charge in [0, 0.05) is 18.8 Å². The van der Waals surface area contributed by atoms with Crippen molar-refractivity contribution in [3.8, 4) is 0 Å². The zero-order valence-corrected chi connectivity index (χ0v) is 7.79. The van der Waals surface area contributed by atoms with Crippen molar-refractivity contribution < 1.29 is 4.74 Å². The van der Waals surface area contributed by atoms with E-state index in [9.17, 15) is 0 Å². The van der Waals surface area contributed by atoms with E-state index < -0.39 is 0 Å². The van der Waals surface area contributed by atoms with Gasteiger partial charge in [-0.25, -0.2) is 0 Å². The summed E-state index contributed by atoms with van der Waals surface area (Å²) in [7, 11) is 0. The number of nitrogens with two attached hydrogens (primary N) is 1. The van der Waals surface area contributed by atoms with Gasteiger partial charge in [0.05, 0.1) is 11.4 Å². The Labute approximate surface area is 78.2 Å². The first-order valence-electron chi connectivity index (χ1n) is 4.60. The lowest BCUT2D eigenvalue weighted by atomic mass is 10.2. The summed E-state index contributed by atoms with van der Waals surface area (Å²) in [5, 5.41) is 0. The number of rotatable bonds is 2. The SMILES string of the molecule is CCCN1C=C(N)C=C2OCC=C21. The Kier molecular flexibility index (Phi) is 2.00. The summed E-state index contributed by atoms with van der Waals surface area (Å²) < 4.78 is 5.41. The normalized spacial score (nSPS) is 20.1. The number of hydrogen-bond donors (Lipinski definition) is 1. The Morgan fingerprint density at radius 1 is 1.62 bits per heavy atom. The Balaban J connectivity index is 2.25. The van der Waals surface area contributed by atoms with Crippen LogP contribution in [0, 0.1) is 0 Å². The molecule has 0 aromatic rings. The Bertz CT molecular complexity index is 302. The van der Waals surface area contributed by atoms with Crippen molar-refractivity contribution in [2.24, 2.45) is 5.73 Å². The number of hydrogen-bond acceptors (Lipinski definition) is 3. The van der Waals surface area contributed by atoms with Crippen molar-refractivity contribution in [3.05, 3.63) is 35.5 Å². The Morgan fingerprint density at radius 3 is 3.23 bits per heavy atom. The van der Waals surface area contributed by atoms with Crippen molar-refractivity contribution in [1.29, 1.82) is 0 Å². The van der Waals surface area contributed by atoms with E-state index in [1.807, 2.05) is 12.3 Å². The molecule has 2 N–H and O–H groups in total. The molecule has 2 heterocycles. The van der Waals surface area contributed by atoms with Crippen LogP contribution in [0.4, 0.5) is 0 Å². The highest BCUT2D eigenvalue weighted by atomic mass is 16.5. The second-order valence-corrected chi connectivity index (χ2v) is 3.23. The molecule has 0 aromatic heterocycles. The smallest absolute Gasteiger partial charge is 0.145 e. The first kappa shape index (κ1) is 8.23. The lowest BCUT2D eigenvalue weighted by Crippen LogP contribution is -2.22. The van der Waals surface area contributed by atoms with E-state index in [0.717, 1.165) is 30.1 Å². The molecule has 0 radical (unpaired) electrons. The highest BCUT2D eigenvalue weighted by Gasteiger charge is 2.21. The molecule has 2 rings (SSSR count). The lowest BCUT2D eigenvalue weighted by Gasteiger charge is -2.25. The van der Waals surface area contributed by atoms with Crippen LogP contribution in [0.5, 0.6) is 0 Å². The fraction of sp³-hybridized carbons (Fsp3) is 0.400. The molecule has 0 bridgehead atoms. The fourth-order valence-corrected chi connectivity index (χ4v) is 1.62. The van der Waals surface area contributed by atoms with E-state index in [1.54, 1.807) is 0 Å². The third kappa shape index (κ3) is 1.41. The molecule has 0 saturated carbocycles. The van der Waals surface area contributed by atoms with Crippen molar-refractivity contribution >= 4 is 0 Å². The molecule has 3 nitrogen and oxygen atoms in total. The molecule has 70 valence electrons. The van der Waals surface area contributed by atoms with Gasteiger partial charge in [-0.2, -0.15) is 0 Å². The largest absolute Gasteiger partial charge is 0.487 e. The van der Waals surface area contributed by atoms with E-state index in [4.69, 9.17) is 10.5 Å². The van der Waals surface area contributed by atoms with Crippen molar-refractivity contribution in [3.63, 3.8) is 0 Å². The summed E-state index contributed by atoms with van der Waals surface area (Å²) in [5.41, 5.74) is 7.68. The van der Waals surface area contributed by atoms with Gasteiger partial charge in [0.15, 0.2) is 0 Å². The van der Waals surface area contributed by atoms with Gasteiger partial charge in [-0.05, 0) is 12.5 Å². The minimum atomic E-state index is 0.669. The third-order valence-corrected chi connectivity index (χ3v) is 2.14. The summed E-state index contributed by atoms with van der Waals surface area (Å²) >= 11 is 0. The molecule has 0 atom stereocenters. The highest BCUT2D eigenvalue weighted by Crippen LogP contribution is 2.27. The lowest BCUT2D eigenvalue weighted by molar-refractivity contribution is 0.262. The summed E-state index contributed by atoms with van der Waals surface area (Å²) in [6, 6.07) is 0. The van der Waals surface area contributed by atoms with Gasteiger partial charge < -0.3 is 15.4 Å². The number of ether oxygens (including phenoxy) is 1. The van der Waals surface area contributed by atoms with Crippen molar-refractivity contribution in [2.45, 2.75) is 13.3 Å². The molecule has 2 aliphatic rings. The van der Waals surface area contributed by atoms with Gasteiger partial charge in [-0.1, -0.05) is 6.92 Å². The van der Waals surface area contributed by atoms with E-state index >= 15 is 0 Å². The van der Waals surface area contributed by atoms with E-state index in [2.05, 4.69) is 17.9 Å². The maximum atomic E-state index is 5.75. The highest BCUT2D eigenvalue weighted by molar-refractivity contribution is 5.39. The van der Waals surface area contributed by atoms with Crippen LogP contribution in [0.15, 0.2) is 35.5 Å². The molecule has 0 unspecified atom stereocenters. The topological polar surface area (TPSA) is 38.5 Å². The standard InChI is InChI=1S/C10H14N2O/c1-2-4-12-7-8(11)6-10-9(12)3-5-13-10/h3,6-7H,2,4-5,11H2,1H3. The predicted octanol–water partition coefficient (Wildman–Crippen LogP) is 1.31. The van der Waals surface area contributed by atoms with Gasteiger partial charge in [-0.15, -0.1) is 0 Å². The van der Waals surface area contributed by atoms with Crippen LogP contribution in [0.3, 0.4) is 0 Å². The maximum absolute atomic E-state index is 5.75. The van der Waals surface area contributed by atoms with Gasteiger partial charge in [0.2, 0.25) is 0 Å². The fourth-order valence-electron chi connectivity index (χ4n) is 1.62. The average Bonchev–Trinajstić information content (AvgIpc) is 2.52. The number of nitrogens with zero attached hydrogens (tertiary/aromatic N) is 1. The van der Waals surface area contributed by atoms with Crippen LogP contribution in [-0.2, 0) is 4.74 Å². The summed E-state index contributed by atoms with van der Waals surface area (Å²) in [4.78, 5) is 2.15. The monoisotopic (exact) mass is 178 g/mol. The molecular weight excluding hydrogens is 164 g/mol. The average molecular weight is 178 g/mol. The van der Waals surface area contributed by atoms with Crippen LogP contribution in [-0.4, -0.2) is 18.1 Å². The first-order chi connectivity index (χ1) is 6.31. The molecule has 0 aromatic carbocycles. The van der Waals surface area contributed by atoms with Gasteiger partial charge in [-0.3, -0.25) is 0 Å². The zero-order chi connectivity index (χ0) is 9.26. The van der Waals surface area contributed by atoms with Gasteiger partial charge >= 0.3 is 0 Å². The number of allylic oxidation sites excluding steroid dienone is 1. The van der Waals surface area contributed by atoms with Crippen LogP contribution in [0.1, 0.15) is 13.3 Å². The molecule has 13 heavy (non-hydrogen) atoms. The van der Waals surface area contributed by atoms with Crippen LogP contribution < -0.4 is 5.73 Å². The summed E-state index contributed by atoms with van der Waals surface area (Å²) in [6.07, 6.45) is 7.04. The minimum Gasteiger partial charge on any atom is -0.487 e. The molecule has 2 aliphatic heterocycles. The molecule has 0 spiro atoms. The van der Waals surface area contributed by atoms with Crippen molar-refractivity contribution in [1.82, 2.24) is 4.90 Å². The van der Waals surface area contributed by atoms with Crippen LogP contribution in [0.2, 0.25) is 0 Å². The minimum absolute atomic E-state index is 0.669. The maximum Gasteiger partial charge on any atom is 0.145 e. The Hall–Kier alpha value is -1.38. The second kappa shape index (κ2) is 3.17. The molecule has 0 saturated heterocycles. The second-order valence-electron chi connectivity index (χ2n) is 3.23. The van der Waals surface area contributed by atoms with Crippen LogP contribution in [0.25, 0.3) is 0 Å². The first-order valence-corrected chi connectivity index (χ1v) is 4.60. The van der Waals surface area contributed by atoms with Crippen LogP contribution >= 0.6 is 0 Å². The summed E-state index contributed by atoms with van der Waals surface area (Å²) in [5.74, 6) is 0.911. The van der Waals surface area contributed by atoms with Crippen molar-refractivity contribution in [2.75, 3.05) is 13.2 Å². The quantitative estimate of drug-likeness (QED) is 0.693. The van der Waals surface area contributed by atoms with Gasteiger partial charge in [0.1, 0.15) is 12.4 Å².